The molecule has 0 saturated heterocycles. The first-order valence-corrected chi connectivity index (χ1v) is 5.42. The molecular formula is C11H6BrClN2. The average molecular weight is 282 g/mol. The second kappa shape index (κ2) is 4.09. The van der Waals surface area contributed by atoms with Crippen LogP contribution in [0.3, 0.4) is 0 Å². The van der Waals surface area contributed by atoms with Crippen LogP contribution in [0.15, 0.2) is 41.0 Å². The summed E-state index contributed by atoms with van der Waals surface area (Å²) in [5.41, 5.74) is 1.47. The molecule has 2 rings (SSSR count). The van der Waals surface area contributed by atoms with Gasteiger partial charge in [-0.25, -0.2) is 0 Å². The standard InChI is InChI=1S/C11H6BrClN2/c12-10-4-3-8(6-11(10)13)15-5-1-2-9(15)7-14/h1-6H. The van der Waals surface area contributed by atoms with Crippen LogP contribution in [0.1, 0.15) is 5.69 Å². The highest BCUT2D eigenvalue weighted by Gasteiger charge is 2.04. The monoisotopic (exact) mass is 280 g/mol. The number of hydrogen-bond acceptors (Lipinski definition) is 1. The van der Waals surface area contributed by atoms with Crippen LogP contribution in [0.25, 0.3) is 5.69 Å². The number of halogens is 2. The second-order valence-corrected chi connectivity index (χ2v) is 4.24. The van der Waals surface area contributed by atoms with Crippen molar-refractivity contribution in [1.82, 2.24) is 4.57 Å². The van der Waals surface area contributed by atoms with Crippen LogP contribution in [-0.2, 0) is 0 Å². The van der Waals surface area contributed by atoms with Crippen LogP contribution >= 0.6 is 27.5 Å². The number of nitrogens with zero attached hydrogens (tertiary/aromatic N) is 2. The summed E-state index contributed by atoms with van der Waals surface area (Å²) in [6, 6.07) is 11.3. The first-order valence-electron chi connectivity index (χ1n) is 4.25. The van der Waals surface area contributed by atoms with E-state index in [4.69, 9.17) is 16.9 Å². The van der Waals surface area contributed by atoms with E-state index in [1.165, 1.54) is 0 Å². The van der Waals surface area contributed by atoms with Gasteiger partial charge in [-0.05, 0) is 46.3 Å². The molecule has 0 atom stereocenters. The van der Waals surface area contributed by atoms with Crippen molar-refractivity contribution in [2.24, 2.45) is 0 Å². The molecule has 0 spiro atoms. The summed E-state index contributed by atoms with van der Waals surface area (Å²) < 4.78 is 2.64. The Hall–Kier alpha value is -1.24. The topological polar surface area (TPSA) is 28.7 Å². The van der Waals surface area contributed by atoms with Gasteiger partial charge in [-0.3, -0.25) is 0 Å². The molecule has 2 aromatic rings. The molecule has 74 valence electrons. The van der Waals surface area contributed by atoms with Crippen molar-refractivity contribution in [3.8, 4) is 11.8 Å². The Morgan fingerprint density at radius 1 is 1.33 bits per heavy atom. The molecule has 0 saturated carbocycles. The maximum absolute atomic E-state index is 8.88. The lowest BCUT2D eigenvalue weighted by Crippen LogP contribution is -1.94. The minimum atomic E-state index is 0.591. The van der Waals surface area contributed by atoms with Crippen LogP contribution in [0, 0.1) is 11.3 Å². The van der Waals surface area contributed by atoms with Gasteiger partial charge in [0.2, 0.25) is 0 Å². The molecule has 1 aromatic heterocycles. The minimum Gasteiger partial charge on any atom is -0.308 e. The van der Waals surface area contributed by atoms with E-state index >= 15 is 0 Å². The third kappa shape index (κ3) is 1.92. The fourth-order valence-corrected chi connectivity index (χ4v) is 1.75. The van der Waals surface area contributed by atoms with E-state index in [-0.39, 0.29) is 0 Å². The van der Waals surface area contributed by atoms with Gasteiger partial charge in [0.25, 0.3) is 0 Å². The first-order chi connectivity index (χ1) is 7.22. The normalized spacial score (nSPS) is 9.93. The summed E-state index contributed by atoms with van der Waals surface area (Å²) in [6.07, 6.45) is 1.83. The van der Waals surface area contributed by atoms with Crippen molar-refractivity contribution in [1.29, 1.82) is 5.26 Å². The Morgan fingerprint density at radius 3 is 2.80 bits per heavy atom. The number of rotatable bonds is 1. The molecule has 1 aromatic carbocycles. The van der Waals surface area contributed by atoms with Crippen LogP contribution < -0.4 is 0 Å². The zero-order chi connectivity index (χ0) is 10.8. The molecule has 0 fully saturated rings. The van der Waals surface area contributed by atoms with Crippen molar-refractivity contribution < 1.29 is 0 Å². The lowest BCUT2D eigenvalue weighted by molar-refractivity contribution is 1.05. The molecule has 0 aliphatic carbocycles. The van der Waals surface area contributed by atoms with Crippen molar-refractivity contribution in [3.05, 3.63) is 51.7 Å². The molecule has 0 aliphatic rings. The van der Waals surface area contributed by atoms with Gasteiger partial charge in [0.1, 0.15) is 11.8 Å². The van der Waals surface area contributed by atoms with E-state index < -0.39 is 0 Å². The van der Waals surface area contributed by atoms with E-state index in [2.05, 4.69) is 22.0 Å². The largest absolute Gasteiger partial charge is 0.308 e. The van der Waals surface area contributed by atoms with Crippen LogP contribution in [0.4, 0.5) is 0 Å². The number of benzene rings is 1. The van der Waals surface area contributed by atoms with Crippen molar-refractivity contribution >= 4 is 27.5 Å². The lowest BCUT2D eigenvalue weighted by Gasteiger charge is -2.05. The van der Waals surface area contributed by atoms with Crippen molar-refractivity contribution in [2.75, 3.05) is 0 Å². The summed E-state index contributed by atoms with van der Waals surface area (Å²) in [5.74, 6) is 0. The fourth-order valence-electron chi connectivity index (χ4n) is 1.33. The van der Waals surface area contributed by atoms with Crippen molar-refractivity contribution in [2.45, 2.75) is 0 Å². The summed E-state index contributed by atoms with van der Waals surface area (Å²) in [7, 11) is 0. The number of nitriles is 1. The Morgan fingerprint density at radius 2 is 2.13 bits per heavy atom. The smallest absolute Gasteiger partial charge is 0.124 e. The highest BCUT2D eigenvalue weighted by Crippen LogP contribution is 2.25. The summed E-state index contributed by atoms with van der Waals surface area (Å²) in [6.45, 7) is 0. The summed E-state index contributed by atoms with van der Waals surface area (Å²) >= 11 is 9.31. The molecule has 0 amide bonds. The molecule has 0 aliphatic heterocycles. The van der Waals surface area contributed by atoms with Crippen LogP contribution in [-0.4, -0.2) is 4.57 Å². The third-order valence-corrected chi connectivity index (χ3v) is 3.28. The predicted molar refractivity (Wildman–Crippen MR) is 63.2 cm³/mol. The minimum absolute atomic E-state index is 0.591. The Kier molecular flexibility index (Phi) is 2.81. The molecule has 0 N–H and O–H groups in total. The van der Waals surface area contributed by atoms with Gasteiger partial charge in [0, 0.05) is 16.4 Å². The predicted octanol–water partition coefficient (Wildman–Crippen LogP) is 3.76. The molecule has 2 nitrogen and oxygen atoms in total. The zero-order valence-electron chi connectivity index (χ0n) is 7.61. The van der Waals surface area contributed by atoms with Gasteiger partial charge in [0.05, 0.1) is 5.02 Å². The van der Waals surface area contributed by atoms with Crippen molar-refractivity contribution in [3.63, 3.8) is 0 Å². The fraction of sp³-hybridized carbons (Fsp3) is 0. The zero-order valence-corrected chi connectivity index (χ0v) is 9.96. The Labute approximate surface area is 101 Å². The Balaban J connectivity index is 2.56. The maximum atomic E-state index is 8.88. The number of hydrogen-bond donors (Lipinski definition) is 0. The van der Waals surface area contributed by atoms with E-state index in [0.717, 1.165) is 10.2 Å². The molecule has 15 heavy (non-hydrogen) atoms. The SMILES string of the molecule is N#Cc1cccn1-c1ccc(Br)c(Cl)c1. The lowest BCUT2D eigenvalue weighted by atomic mass is 10.3. The van der Waals surface area contributed by atoms with Gasteiger partial charge in [-0.1, -0.05) is 11.6 Å². The van der Waals surface area contributed by atoms with Gasteiger partial charge >= 0.3 is 0 Å². The van der Waals surface area contributed by atoms with E-state index in [1.807, 2.05) is 30.5 Å². The van der Waals surface area contributed by atoms with E-state index in [1.54, 1.807) is 10.6 Å². The molecule has 1 heterocycles. The first kappa shape index (κ1) is 10.3. The van der Waals surface area contributed by atoms with E-state index in [9.17, 15) is 0 Å². The second-order valence-electron chi connectivity index (χ2n) is 2.97. The summed E-state index contributed by atoms with van der Waals surface area (Å²) in [5, 5.41) is 9.51. The van der Waals surface area contributed by atoms with E-state index in [0.29, 0.717) is 10.7 Å². The van der Waals surface area contributed by atoms with Gasteiger partial charge in [-0.2, -0.15) is 5.26 Å². The average Bonchev–Trinajstić information content (AvgIpc) is 2.70. The molecule has 4 heteroatoms. The summed E-state index contributed by atoms with van der Waals surface area (Å²) in [4.78, 5) is 0. The number of aromatic nitrogens is 1. The van der Waals surface area contributed by atoms with Crippen LogP contribution in [0.5, 0.6) is 0 Å². The highest BCUT2D eigenvalue weighted by atomic mass is 79.9. The molecule has 0 bridgehead atoms. The highest BCUT2D eigenvalue weighted by molar-refractivity contribution is 9.10. The van der Waals surface area contributed by atoms with Gasteiger partial charge < -0.3 is 4.57 Å². The van der Waals surface area contributed by atoms with Crippen LogP contribution in [0.2, 0.25) is 5.02 Å². The van der Waals surface area contributed by atoms with Gasteiger partial charge in [0.15, 0.2) is 0 Å². The molecular weight excluding hydrogens is 275 g/mol. The maximum Gasteiger partial charge on any atom is 0.124 e. The molecule has 0 unspecified atom stereocenters. The third-order valence-electron chi connectivity index (χ3n) is 2.04. The quantitative estimate of drug-likeness (QED) is 0.782. The Bertz CT molecular complexity index is 540. The van der Waals surface area contributed by atoms with Gasteiger partial charge in [-0.15, -0.1) is 0 Å². The molecule has 0 radical (unpaired) electrons.